The summed E-state index contributed by atoms with van der Waals surface area (Å²) in [5, 5.41) is 31.6. The third-order valence-corrected chi connectivity index (χ3v) is 7.03. The van der Waals surface area contributed by atoms with Crippen LogP contribution in [0.1, 0.15) is 46.8 Å². The quantitative estimate of drug-likeness (QED) is 0.269. The summed E-state index contributed by atoms with van der Waals surface area (Å²) >= 11 is 0. The van der Waals surface area contributed by atoms with E-state index >= 15 is 0 Å². The van der Waals surface area contributed by atoms with Gasteiger partial charge in [-0.05, 0) is 68.3 Å². The fourth-order valence-corrected chi connectivity index (χ4v) is 5.18. The molecule has 0 amide bonds. The van der Waals surface area contributed by atoms with Crippen LogP contribution in [0.2, 0.25) is 0 Å². The molecular weight excluding hydrogens is 531 g/mol. The third-order valence-electron chi connectivity index (χ3n) is 7.03. The summed E-state index contributed by atoms with van der Waals surface area (Å²) in [6, 6.07) is 12.1. The maximum Gasteiger partial charge on any atom is 0.387 e. The van der Waals surface area contributed by atoms with E-state index in [1.807, 2.05) is 6.92 Å². The molecule has 0 saturated heterocycles. The van der Waals surface area contributed by atoms with E-state index in [4.69, 9.17) is 9.72 Å². The Morgan fingerprint density at radius 2 is 1.90 bits per heavy atom. The van der Waals surface area contributed by atoms with Crippen molar-refractivity contribution in [2.24, 2.45) is 0 Å². The molecule has 210 valence electrons. The van der Waals surface area contributed by atoms with Crippen molar-refractivity contribution in [1.29, 1.82) is 0 Å². The smallest absolute Gasteiger partial charge is 0.387 e. The van der Waals surface area contributed by atoms with Crippen molar-refractivity contribution in [3.05, 3.63) is 82.9 Å². The average molecular weight is 558 g/mol. The molecule has 1 aliphatic heterocycles. The molecule has 5 rings (SSSR count). The van der Waals surface area contributed by atoms with Gasteiger partial charge < -0.3 is 29.7 Å². The van der Waals surface area contributed by atoms with Gasteiger partial charge in [0.2, 0.25) is 6.41 Å². The predicted octanol–water partition coefficient (Wildman–Crippen LogP) is 4.61. The number of aliphatic hydroxyl groups excluding tert-OH is 2. The molecule has 3 N–H and O–H groups in total. The summed E-state index contributed by atoms with van der Waals surface area (Å²) in [5.41, 5.74) is 2.29. The Morgan fingerprint density at radius 1 is 1.12 bits per heavy atom. The number of aryl methyl sites for hydroxylation is 1. The Kier molecular flexibility index (Phi) is 7.41. The molecule has 1 unspecified atom stereocenters. The Hall–Kier alpha value is -4.13. The molecule has 40 heavy (non-hydrogen) atoms. The maximum absolute atomic E-state index is 14.3. The number of carboxylic acids is 1. The lowest BCUT2D eigenvalue weighted by Gasteiger charge is -2.39. The van der Waals surface area contributed by atoms with Crippen LogP contribution in [0.4, 0.5) is 18.9 Å². The van der Waals surface area contributed by atoms with E-state index < -0.39 is 36.7 Å². The lowest BCUT2D eigenvalue weighted by molar-refractivity contribution is -0.0794. The van der Waals surface area contributed by atoms with Gasteiger partial charge in [0.05, 0.1) is 16.6 Å². The van der Waals surface area contributed by atoms with Crippen LogP contribution >= 0.6 is 0 Å². The number of nitrogens with zero attached hydrogens (tertiary/aromatic N) is 3. The molecule has 12 heteroatoms. The average Bonchev–Trinajstić information content (AvgIpc) is 3.33. The van der Waals surface area contributed by atoms with E-state index in [2.05, 4.69) is 4.74 Å². The van der Waals surface area contributed by atoms with Crippen LogP contribution in [-0.4, -0.2) is 57.0 Å². The first-order valence-electron chi connectivity index (χ1n) is 12.4. The highest BCUT2D eigenvalue weighted by atomic mass is 19.3. The number of methoxy groups -OCH3 is 1. The number of benzene rings is 3. The molecule has 0 radical (unpaired) electrons. The summed E-state index contributed by atoms with van der Waals surface area (Å²) < 4.78 is 51.7. The van der Waals surface area contributed by atoms with Crippen LogP contribution in [0.5, 0.6) is 5.75 Å². The van der Waals surface area contributed by atoms with Gasteiger partial charge in [0.15, 0.2) is 0 Å². The number of aromatic carboxylic acids is 1. The molecule has 0 aliphatic carbocycles. The summed E-state index contributed by atoms with van der Waals surface area (Å²) in [6.07, 6.45) is -1.78. The van der Waals surface area contributed by atoms with Crippen LogP contribution in [0.15, 0.2) is 54.6 Å². The van der Waals surface area contributed by atoms with Crippen LogP contribution in [-0.2, 0) is 11.2 Å². The number of alkyl halides is 2. The van der Waals surface area contributed by atoms with Gasteiger partial charge in [-0.15, -0.1) is 0 Å². The third kappa shape index (κ3) is 4.85. The van der Waals surface area contributed by atoms with Crippen molar-refractivity contribution >= 4 is 22.7 Å². The molecule has 0 spiro atoms. The second kappa shape index (κ2) is 10.8. The first-order valence-corrected chi connectivity index (χ1v) is 12.4. The number of ether oxygens (including phenoxy) is 2. The van der Waals surface area contributed by atoms with E-state index in [1.165, 1.54) is 29.9 Å². The normalized spacial score (nSPS) is 16.7. The molecule has 3 aromatic carbocycles. The van der Waals surface area contributed by atoms with E-state index in [0.717, 1.165) is 23.8 Å². The summed E-state index contributed by atoms with van der Waals surface area (Å²) in [7, 11) is 1.38. The fraction of sp³-hybridized carbons (Fsp3) is 0.286. The van der Waals surface area contributed by atoms with Crippen LogP contribution in [0.25, 0.3) is 16.7 Å². The van der Waals surface area contributed by atoms with Gasteiger partial charge in [0.25, 0.3) is 0 Å². The van der Waals surface area contributed by atoms with Crippen molar-refractivity contribution in [1.82, 2.24) is 9.55 Å². The highest BCUT2D eigenvalue weighted by molar-refractivity contribution is 5.90. The molecule has 3 atom stereocenters. The minimum Gasteiger partial charge on any atom is -0.478 e. The van der Waals surface area contributed by atoms with Crippen LogP contribution < -0.4 is 9.64 Å². The van der Waals surface area contributed by atoms with Gasteiger partial charge in [0.1, 0.15) is 23.5 Å². The topological polar surface area (TPSA) is 117 Å². The first-order chi connectivity index (χ1) is 19.1. The van der Waals surface area contributed by atoms with Crippen molar-refractivity contribution < 1.29 is 42.8 Å². The maximum atomic E-state index is 14.3. The SMILES string of the molecule is COC(O)N1c2ccc3c(nc([C@H](O)c4cc(F)ccc4OC(F)F)n3-c3cccc(C(=O)O)c3)c2CC[C@@H]1C. The Bertz CT molecular complexity index is 1580. The number of halogens is 3. The first kappa shape index (κ1) is 27.4. The number of hydrogen-bond acceptors (Lipinski definition) is 7. The number of imidazole rings is 1. The second-order valence-electron chi connectivity index (χ2n) is 9.41. The summed E-state index contributed by atoms with van der Waals surface area (Å²) in [6.45, 7) is -1.29. The molecule has 9 nitrogen and oxygen atoms in total. The lowest BCUT2D eigenvalue weighted by atomic mass is 9.95. The molecular formula is C28H26F3N3O6. The molecule has 4 aromatic rings. The lowest BCUT2D eigenvalue weighted by Crippen LogP contribution is -2.45. The number of fused-ring (bicyclic) bond motifs is 3. The minimum absolute atomic E-state index is 0.0338. The van der Waals surface area contributed by atoms with Crippen molar-refractivity contribution in [3.8, 4) is 11.4 Å². The van der Waals surface area contributed by atoms with Crippen molar-refractivity contribution in [2.75, 3.05) is 12.0 Å². The summed E-state index contributed by atoms with van der Waals surface area (Å²) in [4.78, 5) is 18.1. The Balaban J connectivity index is 1.78. The number of anilines is 1. The van der Waals surface area contributed by atoms with Gasteiger partial charge in [-0.25, -0.2) is 14.2 Å². The van der Waals surface area contributed by atoms with E-state index in [9.17, 15) is 33.3 Å². The largest absolute Gasteiger partial charge is 0.478 e. The van der Waals surface area contributed by atoms with E-state index in [1.54, 1.807) is 23.1 Å². The van der Waals surface area contributed by atoms with Crippen molar-refractivity contribution in [2.45, 2.75) is 44.9 Å². The van der Waals surface area contributed by atoms with Gasteiger partial charge in [-0.1, -0.05) is 6.07 Å². The number of carboxylic acid groups (broad SMARTS) is 1. The van der Waals surface area contributed by atoms with E-state index in [-0.39, 0.29) is 23.0 Å². The van der Waals surface area contributed by atoms with E-state index in [0.29, 0.717) is 35.2 Å². The van der Waals surface area contributed by atoms with Crippen molar-refractivity contribution in [3.63, 3.8) is 0 Å². The molecule has 0 fully saturated rings. The number of aliphatic hydroxyl groups is 2. The summed E-state index contributed by atoms with van der Waals surface area (Å²) in [5.74, 6) is -2.48. The number of hydrogen-bond donors (Lipinski definition) is 3. The predicted molar refractivity (Wildman–Crippen MR) is 138 cm³/mol. The Morgan fingerprint density at radius 3 is 2.60 bits per heavy atom. The molecule has 0 saturated carbocycles. The highest BCUT2D eigenvalue weighted by Gasteiger charge is 2.32. The van der Waals surface area contributed by atoms with Gasteiger partial charge in [-0.3, -0.25) is 4.57 Å². The number of carbonyl (C=O) groups is 1. The van der Waals surface area contributed by atoms with Crippen LogP contribution in [0.3, 0.4) is 0 Å². The number of rotatable bonds is 8. The zero-order chi connectivity index (χ0) is 28.7. The zero-order valence-electron chi connectivity index (χ0n) is 21.5. The van der Waals surface area contributed by atoms with Gasteiger partial charge in [-0.2, -0.15) is 8.78 Å². The Labute approximate surface area is 226 Å². The standard InChI is InChI=1S/C28H26F3N3O6/c1-14-6-8-18-20(33(14)28(38)39-2)9-10-21-23(18)32-25(34(21)17-5-3-4-15(12-17)26(36)37)24(35)19-13-16(29)7-11-22(19)40-27(30)31/h3-5,7,9-14,24,27-28,35,38H,6,8H2,1-2H3,(H,36,37)/t14-,24+,28?/m0/s1. The molecule has 2 heterocycles. The number of aromatic nitrogens is 2. The molecule has 1 aromatic heterocycles. The van der Waals surface area contributed by atoms with Gasteiger partial charge in [0, 0.05) is 35.7 Å². The zero-order valence-corrected chi connectivity index (χ0v) is 21.5. The van der Waals surface area contributed by atoms with Gasteiger partial charge >= 0.3 is 12.6 Å². The molecule has 1 aliphatic rings. The second-order valence-corrected chi connectivity index (χ2v) is 9.41. The minimum atomic E-state index is -3.23. The monoisotopic (exact) mass is 557 g/mol. The molecule has 0 bridgehead atoms. The highest BCUT2D eigenvalue weighted by Crippen LogP contribution is 2.40. The van der Waals surface area contributed by atoms with Crippen LogP contribution in [0, 0.1) is 5.82 Å². The fourth-order valence-electron chi connectivity index (χ4n) is 5.18.